The summed E-state index contributed by atoms with van der Waals surface area (Å²) in [4.78, 5) is 0. The van der Waals surface area contributed by atoms with Crippen LogP contribution in [0.4, 0.5) is 0 Å². The van der Waals surface area contributed by atoms with Crippen molar-refractivity contribution in [2.75, 3.05) is 13.7 Å². The molecule has 2 aromatic rings. The first-order chi connectivity index (χ1) is 10.2. The number of benzene rings is 2. The summed E-state index contributed by atoms with van der Waals surface area (Å²) in [7, 11) is 1.91. The Morgan fingerprint density at radius 1 is 1.10 bits per heavy atom. The third kappa shape index (κ3) is 3.91. The molecule has 0 aliphatic heterocycles. The predicted octanol–water partition coefficient (Wildman–Crippen LogP) is 5.09. The van der Waals surface area contributed by atoms with Gasteiger partial charge in [0.1, 0.15) is 5.75 Å². The van der Waals surface area contributed by atoms with E-state index in [1.54, 1.807) is 6.07 Å². The molecule has 0 bridgehead atoms. The van der Waals surface area contributed by atoms with Gasteiger partial charge in [0.25, 0.3) is 0 Å². The number of ether oxygens (including phenoxy) is 1. The van der Waals surface area contributed by atoms with E-state index in [9.17, 15) is 0 Å². The quantitative estimate of drug-likeness (QED) is 0.799. The maximum Gasteiger partial charge on any atom is 0.119 e. The SMILES string of the molecule is CCCOc1ccc(C(NC)c2cccc(Cl)c2Cl)cc1. The van der Waals surface area contributed by atoms with Gasteiger partial charge in [-0.05, 0) is 42.8 Å². The fraction of sp³-hybridized carbons (Fsp3) is 0.294. The minimum absolute atomic E-state index is 0.00331. The van der Waals surface area contributed by atoms with Crippen molar-refractivity contribution >= 4 is 23.2 Å². The Morgan fingerprint density at radius 2 is 1.81 bits per heavy atom. The van der Waals surface area contributed by atoms with Crippen molar-refractivity contribution in [3.63, 3.8) is 0 Å². The molecule has 0 saturated heterocycles. The summed E-state index contributed by atoms with van der Waals surface area (Å²) in [5.41, 5.74) is 2.08. The molecule has 0 saturated carbocycles. The first kappa shape index (κ1) is 16.2. The van der Waals surface area contributed by atoms with Crippen LogP contribution in [0.15, 0.2) is 42.5 Å². The highest BCUT2D eigenvalue weighted by molar-refractivity contribution is 6.42. The van der Waals surface area contributed by atoms with Crippen molar-refractivity contribution in [1.29, 1.82) is 0 Å². The smallest absolute Gasteiger partial charge is 0.119 e. The van der Waals surface area contributed by atoms with Crippen molar-refractivity contribution in [2.24, 2.45) is 0 Å². The van der Waals surface area contributed by atoms with E-state index < -0.39 is 0 Å². The van der Waals surface area contributed by atoms with Gasteiger partial charge in [-0.2, -0.15) is 0 Å². The maximum absolute atomic E-state index is 6.32. The van der Waals surface area contributed by atoms with Crippen molar-refractivity contribution in [3.05, 3.63) is 63.6 Å². The Kier molecular flexibility index (Phi) is 5.92. The summed E-state index contributed by atoms with van der Waals surface area (Å²) in [6.45, 7) is 2.82. The molecule has 0 spiro atoms. The minimum atomic E-state index is -0.00331. The molecule has 0 aliphatic rings. The van der Waals surface area contributed by atoms with E-state index in [1.165, 1.54) is 0 Å². The molecule has 2 nitrogen and oxygen atoms in total. The molecule has 1 atom stereocenters. The molecule has 0 amide bonds. The number of nitrogens with one attached hydrogen (secondary N) is 1. The highest BCUT2D eigenvalue weighted by Gasteiger charge is 2.16. The van der Waals surface area contributed by atoms with Gasteiger partial charge in [-0.1, -0.05) is 54.4 Å². The molecule has 1 N–H and O–H groups in total. The molecule has 112 valence electrons. The van der Waals surface area contributed by atoms with Gasteiger partial charge >= 0.3 is 0 Å². The standard InChI is InChI=1S/C17H19Cl2NO/c1-3-11-21-13-9-7-12(8-10-13)17(20-2)14-5-4-6-15(18)16(14)19/h4-10,17,20H,3,11H2,1-2H3. The van der Waals surface area contributed by atoms with Crippen LogP contribution in [-0.2, 0) is 0 Å². The summed E-state index contributed by atoms with van der Waals surface area (Å²) in [5.74, 6) is 0.882. The monoisotopic (exact) mass is 323 g/mol. The fourth-order valence-corrected chi connectivity index (χ4v) is 2.64. The zero-order chi connectivity index (χ0) is 15.2. The van der Waals surface area contributed by atoms with Crippen molar-refractivity contribution < 1.29 is 4.74 Å². The van der Waals surface area contributed by atoms with Gasteiger partial charge in [0.15, 0.2) is 0 Å². The van der Waals surface area contributed by atoms with Gasteiger partial charge in [0.05, 0.1) is 22.7 Å². The van der Waals surface area contributed by atoms with E-state index in [-0.39, 0.29) is 6.04 Å². The van der Waals surface area contributed by atoms with Crippen LogP contribution in [0.5, 0.6) is 5.75 Å². The topological polar surface area (TPSA) is 21.3 Å². The molecular weight excluding hydrogens is 305 g/mol. The van der Waals surface area contributed by atoms with E-state index in [0.717, 1.165) is 29.9 Å². The Balaban J connectivity index is 2.27. The third-order valence-electron chi connectivity index (χ3n) is 3.27. The lowest BCUT2D eigenvalue weighted by Crippen LogP contribution is -2.18. The summed E-state index contributed by atoms with van der Waals surface area (Å²) >= 11 is 12.4. The van der Waals surface area contributed by atoms with Gasteiger partial charge in [0.2, 0.25) is 0 Å². The minimum Gasteiger partial charge on any atom is -0.494 e. The van der Waals surface area contributed by atoms with Gasteiger partial charge in [-0.15, -0.1) is 0 Å². The lowest BCUT2D eigenvalue weighted by molar-refractivity contribution is 0.317. The average Bonchev–Trinajstić information content (AvgIpc) is 2.51. The van der Waals surface area contributed by atoms with E-state index in [2.05, 4.69) is 12.2 Å². The normalized spacial score (nSPS) is 12.2. The van der Waals surface area contributed by atoms with Crippen LogP contribution in [0.3, 0.4) is 0 Å². The second-order valence-electron chi connectivity index (χ2n) is 4.78. The van der Waals surface area contributed by atoms with Crippen LogP contribution in [-0.4, -0.2) is 13.7 Å². The largest absolute Gasteiger partial charge is 0.494 e. The molecule has 2 rings (SSSR count). The summed E-state index contributed by atoms with van der Waals surface area (Å²) in [6.07, 6.45) is 0.999. The van der Waals surface area contributed by atoms with Gasteiger partial charge in [-0.3, -0.25) is 0 Å². The van der Waals surface area contributed by atoms with E-state index in [4.69, 9.17) is 27.9 Å². The van der Waals surface area contributed by atoms with Crippen molar-refractivity contribution in [3.8, 4) is 5.75 Å². The highest BCUT2D eigenvalue weighted by Crippen LogP contribution is 2.33. The van der Waals surface area contributed by atoms with Crippen molar-refractivity contribution in [1.82, 2.24) is 5.32 Å². The van der Waals surface area contributed by atoms with Gasteiger partial charge in [-0.25, -0.2) is 0 Å². The van der Waals surface area contributed by atoms with Crippen LogP contribution in [0.1, 0.15) is 30.5 Å². The molecule has 0 heterocycles. The average molecular weight is 324 g/mol. The number of hydrogen-bond acceptors (Lipinski definition) is 2. The number of hydrogen-bond donors (Lipinski definition) is 1. The first-order valence-electron chi connectivity index (χ1n) is 7.01. The van der Waals surface area contributed by atoms with Gasteiger partial charge in [0, 0.05) is 0 Å². The lowest BCUT2D eigenvalue weighted by Gasteiger charge is -2.19. The maximum atomic E-state index is 6.32. The van der Waals surface area contributed by atoms with Crippen LogP contribution in [0.2, 0.25) is 10.0 Å². The zero-order valence-electron chi connectivity index (χ0n) is 12.2. The fourth-order valence-electron chi connectivity index (χ4n) is 2.22. The van der Waals surface area contributed by atoms with Crippen LogP contribution in [0, 0.1) is 0 Å². The molecule has 0 radical (unpaired) electrons. The summed E-state index contributed by atoms with van der Waals surface area (Å²) in [5, 5.41) is 4.44. The summed E-state index contributed by atoms with van der Waals surface area (Å²) in [6, 6.07) is 13.7. The zero-order valence-corrected chi connectivity index (χ0v) is 13.7. The van der Waals surface area contributed by atoms with E-state index in [1.807, 2.05) is 43.4 Å². The molecular formula is C17H19Cl2NO. The van der Waals surface area contributed by atoms with Crippen LogP contribution >= 0.6 is 23.2 Å². The molecule has 0 aliphatic carbocycles. The number of halogens is 2. The second-order valence-corrected chi connectivity index (χ2v) is 5.57. The first-order valence-corrected chi connectivity index (χ1v) is 7.77. The Morgan fingerprint density at radius 3 is 2.43 bits per heavy atom. The third-order valence-corrected chi connectivity index (χ3v) is 4.10. The molecule has 21 heavy (non-hydrogen) atoms. The summed E-state index contributed by atoms with van der Waals surface area (Å²) < 4.78 is 5.60. The number of rotatable bonds is 6. The Bertz CT molecular complexity index is 584. The van der Waals surface area contributed by atoms with Gasteiger partial charge < -0.3 is 10.1 Å². The molecule has 1 unspecified atom stereocenters. The second kappa shape index (κ2) is 7.69. The molecule has 0 fully saturated rings. The Hall–Kier alpha value is -1.22. The molecule has 4 heteroatoms. The molecule has 0 aromatic heterocycles. The predicted molar refractivity (Wildman–Crippen MR) is 89.6 cm³/mol. The van der Waals surface area contributed by atoms with Crippen molar-refractivity contribution in [2.45, 2.75) is 19.4 Å². The van der Waals surface area contributed by atoms with Crippen LogP contribution in [0.25, 0.3) is 0 Å². The van der Waals surface area contributed by atoms with Crippen LogP contribution < -0.4 is 10.1 Å². The lowest BCUT2D eigenvalue weighted by atomic mass is 9.99. The van der Waals surface area contributed by atoms with E-state index >= 15 is 0 Å². The molecule has 2 aromatic carbocycles. The van der Waals surface area contributed by atoms with E-state index in [0.29, 0.717) is 10.0 Å². The Labute approximate surface area is 136 Å². The highest BCUT2D eigenvalue weighted by atomic mass is 35.5.